The normalized spacial score (nSPS) is 12.4. The maximum absolute atomic E-state index is 12.2. The molecule has 0 bridgehead atoms. The van der Waals surface area contributed by atoms with Gasteiger partial charge in [-0.1, -0.05) is 42.5 Å². The number of aromatic nitrogens is 2. The van der Waals surface area contributed by atoms with E-state index in [0.29, 0.717) is 19.4 Å². The highest BCUT2D eigenvalue weighted by atomic mass is 16.1. The molecule has 0 unspecified atom stereocenters. The topological polar surface area (TPSA) is 61.0 Å². The Bertz CT molecular complexity index is 793. The van der Waals surface area contributed by atoms with E-state index in [1.54, 1.807) is 0 Å². The quantitative estimate of drug-likeness (QED) is 0.697. The van der Waals surface area contributed by atoms with Crippen LogP contribution >= 0.6 is 0 Å². The van der Waals surface area contributed by atoms with Gasteiger partial charge < -0.3 is 15.2 Å². The van der Waals surface area contributed by atoms with Crippen molar-refractivity contribution in [3.63, 3.8) is 0 Å². The van der Waals surface area contributed by atoms with Crippen molar-refractivity contribution in [1.29, 1.82) is 0 Å². The SMILES string of the molecule is CN(C)[C@H](CNC(=O)CCc1nc2ccccc2[nH]1)c1ccccc1. The lowest BCUT2D eigenvalue weighted by molar-refractivity contribution is -0.121. The molecule has 2 N–H and O–H groups in total. The van der Waals surface area contributed by atoms with E-state index >= 15 is 0 Å². The summed E-state index contributed by atoms with van der Waals surface area (Å²) in [4.78, 5) is 22.1. The molecule has 2 aromatic carbocycles. The maximum Gasteiger partial charge on any atom is 0.220 e. The number of hydrogen-bond acceptors (Lipinski definition) is 3. The van der Waals surface area contributed by atoms with Gasteiger partial charge in [-0.05, 0) is 31.8 Å². The number of hydrogen-bond donors (Lipinski definition) is 2. The standard InChI is InChI=1S/C20H24N4O/c1-24(2)18(15-8-4-3-5-9-15)14-21-20(25)13-12-19-22-16-10-6-7-11-17(16)23-19/h3-11,18H,12-14H2,1-2H3,(H,21,25)(H,22,23)/t18-/m1/s1. The van der Waals surface area contributed by atoms with Gasteiger partial charge in [-0.25, -0.2) is 4.98 Å². The lowest BCUT2D eigenvalue weighted by Crippen LogP contribution is -2.34. The second-order valence-electron chi connectivity index (χ2n) is 6.39. The van der Waals surface area contributed by atoms with Crippen LogP contribution in [0.15, 0.2) is 54.6 Å². The average Bonchev–Trinajstić information content (AvgIpc) is 3.04. The summed E-state index contributed by atoms with van der Waals surface area (Å²) in [5.41, 5.74) is 3.15. The Balaban J connectivity index is 1.53. The third kappa shape index (κ3) is 4.45. The zero-order valence-electron chi connectivity index (χ0n) is 14.7. The first-order chi connectivity index (χ1) is 12.1. The molecule has 1 amide bonds. The first kappa shape index (κ1) is 17.2. The Labute approximate surface area is 148 Å². The molecule has 3 aromatic rings. The monoisotopic (exact) mass is 336 g/mol. The van der Waals surface area contributed by atoms with E-state index in [4.69, 9.17) is 0 Å². The van der Waals surface area contributed by atoms with Crippen molar-refractivity contribution in [2.75, 3.05) is 20.6 Å². The van der Waals surface area contributed by atoms with Gasteiger partial charge in [0.25, 0.3) is 0 Å². The molecule has 0 fully saturated rings. The van der Waals surface area contributed by atoms with Crippen LogP contribution in [0, 0.1) is 0 Å². The van der Waals surface area contributed by atoms with E-state index in [1.165, 1.54) is 5.56 Å². The zero-order valence-corrected chi connectivity index (χ0v) is 14.7. The van der Waals surface area contributed by atoms with Gasteiger partial charge in [0.1, 0.15) is 5.82 Å². The van der Waals surface area contributed by atoms with Crippen molar-refractivity contribution >= 4 is 16.9 Å². The summed E-state index contributed by atoms with van der Waals surface area (Å²) in [6.07, 6.45) is 1.03. The molecule has 0 aliphatic carbocycles. The molecule has 5 nitrogen and oxygen atoms in total. The number of imidazole rings is 1. The summed E-state index contributed by atoms with van der Waals surface area (Å²) >= 11 is 0. The largest absolute Gasteiger partial charge is 0.354 e. The van der Waals surface area contributed by atoms with Crippen LogP contribution in [0.4, 0.5) is 0 Å². The van der Waals surface area contributed by atoms with Gasteiger partial charge in [0, 0.05) is 19.4 Å². The van der Waals surface area contributed by atoms with Crippen LogP contribution in [0.2, 0.25) is 0 Å². The Morgan fingerprint density at radius 1 is 1.12 bits per heavy atom. The van der Waals surface area contributed by atoms with Crippen molar-refractivity contribution in [2.45, 2.75) is 18.9 Å². The minimum Gasteiger partial charge on any atom is -0.354 e. The van der Waals surface area contributed by atoms with Crippen LogP contribution in [-0.4, -0.2) is 41.4 Å². The van der Waals surface area contributed by atoms with Crippen molar-refractivity contribution in [2.24, 2.45) is 0 Å². The van der Waals surface area contributed by atoms with Crippen LogP contribution in [0.25, 0.3) is 11.0 Å². The number of nitrogens with one attached hydrogen (secondary N) is 2. The number of carbonyl (C=O) groups excluding carboxylic acids is 1. The number of aryl methyl sites for hydroxylation is 1. The van der Waals surface area contributed by atoms with Crippen molar-refractivity contribution in [1.82, 2.24) is 20.2 Å². The number of aromatic amines is 1. The molecule has 1 aromatic heterocycles. The first-order valence-electron chi connectivity index (χ1n) is 8.55. The molecule has 25 heavy (non-hydrogen) atoms. The van der Waals surface area contributed by atoms with Gasteiger partial charge in [0.2, 0.25) is 5.91 Å². The highest BCUT2D eigenvalue weighted by Gasteiger charge is 2.15. The fourth-order valence-corrected chi connectivity index (χ4v) is 2.93. The van der Waals surface area contributed by atoms with Crippen LogP contribution < -0.4 is 5.32 Å². The summed E-state index contributed by atoms with van der Waals surface area (Å²) in [6, 6.07) is 18.3. The van der Waals surface area contributed by atoms with Crippen molar-refractivity contribution in [3.8, 4) is 0 Å². The van der Waals surface area contributed by atoms with Crippen LogP contribution in [-0.2, 0) is 11.2 Å². The Kier molecular flexibility index (Phi) is 5.46. The number of nitrogens with zero attached hydrogens (tertiary/aromatic N) is 2. The summed E-state index contributed by atoms with van der Waals surface area (Å²) in [5.74, 6) is 0.895. The Hall–Kier alpha value is -2.66. The van der Waals surface area contributed by atoms with Gasteiger partial charge in [-0.2, -0.15) is 0 Å². The third-order valence-corrected chi connectivity index (χ3v) is 4.33. The van der Waals surface area contributed by atoms with Gasteiger partial charge >= 0.3 is 0 Å². The molecule has 1 heterocycles. The lowest BCUT2D eigenvalue weighted by atomic mass is 10.1. The van der Waals surface area contributed by atoms with Crippen molar-refractivity contribution in [3.05, 3.63) is 66.0 Å². The second-order valence-corrected chi connectivity index (χ2v) is 6.39. The number of benzene rings is 2. The first-order valence-corrected chi connectivity index (χ1v) is 8.55. The smallest absolute Gasteiger partial charge is 0.220 e. The number of para-hydroxylation sites is 2. The Morgan fingerprint density at radius 2 is 1.84 bits per heavy atom. The van der Waals surface area contributed by atoms with E-state index in [9.17, 15) is 4.79 Å². The molecule has 3 rings (SSSR count). The van der Waals surface area contributed by atoms with E-state index in [0.717, 1.165) is 16.9 Å². The van der Waals surface area contributed by atoms with Gasteiger partial charge in [0.05, 0.1) is 17.1 Å². The van der Waals surface area contributed by atoms with Gasteiger partial charge in [0.15, 0.2) is 0 Å². The highest BCUT2D eigenvalue weighted by Crippen LogP contribution is 2.17. The van der Waals surface area contributed by atoms with E-state index in [2.05, 4.69) is 32.3 Å². The minimum absolute atomic E-state index is 0.0447. The average molecular weight is 336 g/mol. The van der Waals surface area contributed by atoms with E-state index in [1.807, 2.05) is 56.6 Å². The third-order valence-electron chi connectivity index (χ3n) is 4.33. The number of amides is 1. The number of H-pyrrole nitrogens is 1. The van der Waals surface area contributed by atoms with Gasteiger partial charge in [-0.3, -0.25) is 4.79 Å². The summed E-state index contributed by atoms with van der Waals surface area (Å²) in [5, 5.41) is 3.04. The fourth-order valence-electron chi connectivity index (χ4n) is 2.93. The molecule has 1 atom stereocenters. The Morgan fingerprint density at radius 3 is 2.56 bits per heavy atom. The van der Waals surface area contributed by atoms with E-state index in [-0.39, 0.29) is 11.9 Å². The highest BCUT2D eigenvalue weighted by molar-refractivity contribution is 5.77. The molecule has 0 aliphatic rings. The summed E-state index contributed by atoms with van der Waals surface area (Å²) < 4.78 is 0. The molecular weight excluding hydrogens is 312 g/mol. The molecular formula is C20H24N4O. The second kappa shape index (κ2) is 7.94. The summed E-state index contributed by atoms with van der Waals surface area (Å²) in [6.45, 7) is 0.593. The molecule has 0 saturated carbocycles. The number of likely N-dealkylation sites (N-methyl/N-ethyl adjacent to an activating group) is 1. The number of fused-ring (bicyclic) bond motifs is 1. The van der Waals surface area contributed by atoms with E-state index < -0.39 is 0 Å². The molecule has 130 valence electrons. The predicted molar refractivity (Wildman–Crippen MR) is 100 cm³/mol. The molecule has 0 radical (unpaired) electrons. The van der Waals surface area contributed by atoms with Crippen LogP contribution in [0.5, 0.6) is 0 Å². The fraction of sp³-hybridized carbons (Fsp3) is 0.300. The van der Waals surface area contributed by atoms with Crippen LogP contribution in [0.3, 0.4) is 0 Å². The molecule has 0 saturated heterocycles. The predicted octanol–water partition coefficient (Wildman–Crippen LogP) is 2.91. The summed E-state index contributed by atoms with van der Waals surface area (Å²) in [7, 11) is 4.05. The molecule has 0 spiro atoms. The van der Waals surface area contributed by atoms with Crippen LogP contribution in [0.1, 0.15) is 23.9 Å². The molecule has 5 heteroatoms. The number of rotatable bonds is 7. The minimum atomic E-state index is 0.0447. The maximum atomic E-state index is 12.2. The zero-order chi connectivity index (χ0) is 17.6. The number of carbonyl (C=O) groups is 1. The molecule has 0 aliphatic heterocycles. The van der Waals surface area contributed by atoms with Crippen molar-refractivity contribution < 1.29 is 4.79 Å². The lowest BCUT2D eigenvalue weighted by Gasteiger charge is -2.25. The van der Waals surface area contributed by atoms with Gasteiger partial charge in [-0.15, -0.1) is 0 Å².